The number of rotatable bonds is 2. The number of aromatic amines is 1. The summed E-state index contributed by atoms with van der Waals surface area (Å²) in [6.07, 6.45) is 11.8. The Morgan fingerprint density at radius 3 is 2.77 bits per heavy atom. The third-order valence-corrected chi connectivity index (χ3v) is 5.21. The zero-order chi connectivity index (χ0) is 21.6. The quantitative estimate of drug-likeness (QED) is 0.424. The molecule has 4 aromatic rings. The van der Waals surface area contributed by atoms with Gasteiger partial charge in [0.15, 0.2) is 0 Å². The molecule has 0 aromatic carbocycles. The number of nitrogens with zero attached hydrogens (tertiary/aromatic N) is 4. The van der Waals surface area contributed by atoms with Gasteiger partial charge in [-0.3, -0.25) is 20.4 Å². The molecule has 31 heavy (non-hydrogen) atoms. The van der Waals surface area contributed by atoms with E-state index in [1.54, 1.807) is 18.5 Å². The maximum absolute atomic E-state index is 10.8. The number of hydrogen-bond acceptors (Lipinski definition) is 5. The summed E-state index contributed by atoms with van der Waals surface area (Å²) in [6.45, 7) is 1.92. The van der Waals surface area contributed by atoms with Gasteiger partial charge in [0.1, 0.15) is 11.5 Å². The number of anilines is 1. The lowest BCUT2D eigenvalue weighted by molar-refractivity contribution is 0.259. The van der Waals surface area contributed by atoms with E-state index in [0.29, 0.717) is 5.82 Å². The fourth-order valence-corrected chi connectivity index (χ4v) is 3.73. The number of aryl methyl sites for hydroxylation is 3. The molecule has 8 heteroatoms. The van der Waals surface area contributed by atoms with Gasteiger partial charge in [0.25, 0.3) is 0 Å². The molecular weight excluding hydrogens is 390 g/mol. The molecule has 0 fully saturated rings. The molecule has 8 nitrogen and oxygen atoms in total. The zero-order valence-corrected chi connectivity index (χ0v) is 17.4. The summed E-state index contributed by atoms with van der Waals surface area (Å²) in [5.41, 5.74) is 11.3. The molecule has 0 spiro atoms. The van der Waals surface area contributed by atoms with Crippen LogP contribution in [0.2, 0.25) is 0 Å². The number of amides is 2. The number of primary amides is 1. The molecule has 0 radical (unpaired) electrons. The van der Waals surface area contributed by atoms with Crippen LogP contribution in [-0.4, -0.2) is 31.2 Å². The van der Waals surface area contributed by atoms with E-state index < -0.39 is 6.03 Å². The molecule has 2 amide bonds. The summed E-state index contributed by atoms with van der Waals surface area (Å²) in [5, 5.41) is 10.5. The predicted octanol–water partition coefficient (Wildman–Crippen LogP) is 4.17. The van der Waals surface area contributed by atoms with Gasteiger partial charge in [0.05, 0.1) is 5.52 Å². The molecule has 158 valence electrons. The van der Waals surface area contributed by atoms with E-state index in [1.165, 1.54) is 43.4 Å². The van der Waals surface area contributed by atoms with E-state index in [2.05, 4.69) is 36.5 Å². The monoisotopic (exact) mass is 415 g/mol. The first-order valence-corrected chi connectivity index (χ1v) is 10.4. The van der Waals surface area contributed by atoms with Crippen molar-refractivity contribution in [1.82, 2.24) is 25.1 Å². The van der Waals surface area contributed by atoms with Crippen molar-refractivity contribution in [2.45, 2.75) is 39.0 Å². The van der Waals surface area contributed by atoms with Crippen molar-refractivity contribution in [3.63, 3.8) is 0 Å². The van der Waals surface area contributed by atoms with Crippen LogP contribution >= 0.6 is 0 Å². The minimum absolute atomic E-state index is 0.381. The number of nitrogens with one attached hydrogen (secondary N) is 2. The Kier molecular flexibility index (Phi) is 6.16. The summed E-state index contributed by atoms with van der Waals surface area (Å²) >= 11 is 0. The molecule has 4 aromatic heterocycles. The van der Waals surface area contributed by atoms with Crippen LogP contribution in [0.15, 0.2) is 48.9 Å². The van der Waals surface area contributed by atoms with Crippen molar-refractivity contribution in [3.8, 4) is 11.3 Å². The lowest BCUT2D eigenvalue weighted by Crippen LogP contribution is -2.19. The minimum Gasteiger partial charge on any atom is -0.351 e. The van der Waals surface area contributed by atoms with Gasteiger partial charge in [-0.1, -0.05) is 12.5 Å². The molecule has 0 unspecified atom stereocenters. The molecule has 0 saturated heterocycles. The normalized spacial score (nSPS) is 12.9. The number of pyridine rings is 3. The number of fused-ring (bicyclic) bond motifs is 2. The summed E-state index contributed by atoms with van der Waals surface area (Å²) in [7, 11) is 0. The van der Waals surface area contributed by atoms with Gasteiger partial charge in [0, 0.05) is 47.0 Å². The fourth-order valence-electron chi connectivity index (χ4n) is 3.73. The topological polar surface area (TPSA) is 122 Å². The Balaban J connectivity index is 0.000000177. The molecule has 0 saturated carbocycles. The van der Waals surface area contributed by atoms with Crippen LogP contribution in [-0.2, 0) is 12.8 Å². The molecule has 0 aliphatic heterocycles. The Labute approximate surface area is 180 Å². The first-order chi connectivity index (χ1) is 15.1. The highest BCUT2D eigenvalue weighted by Crippen LogP contribution is 2.26. The second-order valence-electron chi connectivity index (χ2n) is 7.53. The SMILES string of the molecule is Cc1cc(-c2n[nH]c3cc(NC(N)=O)ncc23)ccn1.c1cnc2c(c1)CCCCC2. The molecule has 1 aliphatic rings. The number of urea groups is 1. The highest BCUT2D eigenvalue weighted by molar-refractivity contribution is 5.95. The summed E-state index contributed by atoms with van der Waals surface area (Å²) < 4.78 is 0. The second kappa shape index (κ2) is 9.34. The largest absolute Gasteiger partial charge is 0.351 e. The highest BCUT2D eigenvalue weighted by atomic mass is 16.2. The van der Waals surface area contributed by atoms with Crippen LogP contribution < -0.4 is 11.1 Å². The maximum atomic E-state index is 10.8. The van der Waals surface area contributed by atoms with Gasteiger partial charge in [-0.25, -0.2) is 9.78 Å². The van der Waals surface area contributed by atoms with E-state index in [4.69, 9.17) is 5.73 Å². The Bertz CT molecular complexity index is 1180. The Morgan fingerprint density at radius 2 is 1.94 bits per heavy atom. The van der Waals surface area contributed by atoms with Crippen molar-refractivity contribution < 1.29 is 4.79 Å². The molecule has 5 rings (SSSR count). The van der Waals surface area contributed by atoms with Gasteiger partial charge in [-0.15, -0.1) is 0 Å². The zero-order valence-electron chi connectivity index (χ0n) is 17.4. The van der Waals surface area contributed by atoms with E-state index in [9.17, 15) is 4.79 Å². The van der Waals surface area contributed by atoms with Gasteiger partial charge >= 0.3 is 6.03 Å². The number of nitrogens with two attached hydrogens (primary N) is 1. The molecule has 0 bridgehead atoms. The number of H-pyrrole nitrogens is 1. The van der Waals surface area contributed by atoms with E-state index in [0.717, 1.165) is 27.9 Å². The lowest BCUT2D eigenvalue weighted by atomic mass is 10.1. The Hall–Kier alpha value is -3.81. The molecule has 4 heterocycles. The molecule has 0 atom stereocenters. The van der Waals surface area contributed by atoms with Gasteiger partial charge < -0.3 is 5.73 Å². The summed E-state index contributed by atoms with van der Waals surface area (Å²) in [5.74, 6) is 0.381. The van der Waals surface area contributed by atoms with Crippen LogP contribution in [0.25, 0.3) is 22.2 Å². The first kappa shape index (κ1) is 20.5. The standard InChI is InChI=1S/C13H12N6O.C10H13N/c1-7-4-8(2-3-15-7)12-9-6-16-11(17-13(14)20)5-10(9)18-19-12;1-2-5-9-6-4-8-11-10(9)7-3-1/h2-6H,1H3,(H,18,19)(H3,14,16,17,20);4,6,8H,1-3,5,7H2. The minimum atomic E-state index is -0.652. The van der Waals surface area contributed by atoms with Crippen molar-refractivity contribution in [2.75, 3.05) is 5.32 Å². The van der Waals surface area contributed by atoms with Crippen LogP contribution in [0.1, 0.15) is 36.2 Å². The highest BCUT2D eigenvalue weighted by Gasteiger charge is 2.10. The van der Waals surface area contributed by atoms with E-state index in [-0.39, 0.29) is 0 Å². The van der Waals surface area contributed by atoms with Crippen LogP contribution in [0.4, 0.5) is 10.6 Å². The molecule has 4 N–H and O–H groups in total. The fraction of sp³-hybridized carbons (Fsp3) is 0.261. The van der Waals surface area contributed by atoms with Crippen LogP contribution in [0.3, 0.4) is 0 Å². The van der Waals surface area contributed by atoms with Crippen molar-refractivity contribution >= 4 is 22.8 Å². The van der Waals surface area contributed by atoms with E-state index in [1.807, 2.05) is 31.3 Å². The number of hydrogen-bond donors (Lipinski definition) is 3. The first-order valence-electron chi connectivity index (χ1n) is 10.4. The predicted molar refractivity (Wildman–Crippen MR) is 121 cm³/mol. The number of carbonyl (C=O) groups is 1. The average Bonchev–Trinajstić information content (AvgIpc) is 3.02. The van der Waals surface area contributed by atoms with E-state index >= 15 is 0 Å². The molecule has 1 aliphatic carbocycles. The van der Waals surface area contributed by atoms with Crippen molar-refractivity contribution in [1.29, 1.82) is 0 Å². The van der Waals surface area contributed by atoms with Crippen molar-refractivity contribution in [2.24, 2.45) is 5.73 Å². The molecular formula is C23H25N7O. The third kappa shape index (κ3) is 5.03. The van der Waals surface area contributed by atoms with Gasteiger partial charge in [0.2, 0.25) is 0 Å². The number of aromatic nitrogens is 5. The smallest absolute Gasteiger partial charge is 0.317 e. The third-order valence-electron chi connectivity index (χ3n) is 5.21. The van der Waals surface area contributed by atoms with Gasteiger partial charge in [-0.05, 0) is 56.4 Å². The van der Waals surface area contributed by atoms with Crippen LogP contribution in [0, 0.1) is 6.92 Å². The van der Waals surface area contributed by atoms with Crippen LogP contribution in [0.5, 0.6) is 0 Å². The second-order valence-corrected chi connectivity index (χ2v) is 7.53. The Morgan fingerprint density at radius 1 is 1.06 bits per heavy atom. The average molecular weight is 416 g/mol. The number of carbonyl (C=O) groups excluding carboxylic acids is 1. The van der Waals surface area contributed by atoms with Crippen molar-refractivity contribution in [3.05, 3.63) is 65.9 Å². The maximum Gasteiger partial charge on any atom is 0.317 e. The summed E-state index contributed by atoms with van der Waals surface area (Å²) in [6, 6.07) is 9.13. The summed E-state index contributed by atoms with van der Waals surface area (Å²) in [4.78, 5) is 23.5. The lowest BCUT2D eigenvalue weighted by Gasteiger charge is -2.01. The van der Waals surface area contributed by atoms with Gasteiger partial charge in [-0.2, -0.15) is 5.10 Å².